The first-order chi connectivity index (χ1) is 5.77. The highest BCUT2D eigenvalue weighted by molar-refractivity contribution is 5.08. The molecule has 2 nitrogen and oxygen atoms in total. The zero-order valence-electron chi connectivity index (χ0n) is 8.21. The van der Waals surface area contributed by atoms with Crippen molar-refractivity contribution in [2.45, 2.75) is 32.7 Å². The molecule has 0 radical (unpaired) electrons. The molecule has 1 unspecified atom stereocenters. The lowest BCUT2D eigenvalue weighted by Crippen LogP contribution is -2.36. The molecule has 0 spiro atoms. The minimum atomic E-state index is 0.723. The van der Waals surface area contributed by atoms with E-state index in [1.54, 1.807) is 0 Å². The van der Waals surface area contributed by atoms with Gasteiger partial charge in [-0.15, -0.1) is 0 Å². The molecule has 2 N–H and O–H groups in total. The van der Waals surface area contributed by atoms with E-state index in [9.17, 15) is 0 Å². The van der Waals surface area contributed by atoms with Crippen LogP contribution in [-0.4, -0.2) is 30.6 Å². The van der Waals surface area contributed by atoms with Gasteiger partial charge in [-0.1, -0.05) is 18.6 Å². The van der Waals surface area contributed by atoms with Crippen molar-refractivity contribution in [3.63, 3.8) is 0 Å². The zero-order chi connectivity index (χ0) is 8.97. The smallest absolute Gasteiger partial charge is 0.0169 e. The Bertz CT molecular complexity index is 163. The van der Waals surface area contributed by atoms with Crippen LogP contribution in [-0.2, 0) is 0 Å². The van der Waals surface area contributed by atoms with Crippen LogP contribution in [0.2, 0.25) is 0 Å². The first kappa shape index (κ1) is 9.75. The third-order valence-corrected chi connectivity index (χ3v) is 2.81. The van der Waals surface area contributed by atoms with Gasteiger partial charge in [0, 0.05) is 25.7 Å². The fraction of sp³-hybridized carbons (Fsp3) is 0.800. The largest absolute Gasteiger partial charge is 0.327 e. The fourth-order valence-corrected chi connectivity index (χ4v) is 1.57. The van der Waals surface area contributed by atoms with Gasteiger partial charge >= 0.3 is 0 Å². The van der Waals surface area contributed by atoms with Gasteiger partial charge in [-0.2, -0.15) is 0 Å². The maximum absolute atomic E-state index is 5.57. The van der Waals surface area contributed by atoms with Crippen molar-refractivity contribution in [1.82, 2.24) is 4.90 Å². The summed E-state index contributed by atoms with van der Waals surface area (Å²) in [6.45, 7) is 7.57. The van der Waals surface area contributed by atoms with Crippen LogP contribution in [0.25, 0.3) is 0 Å². The van der Waals surface area contributed by atoms with Gasteiger partial charge in [0.2, 0.25) is 0 Å². The summed E-state index contributed by atoms with van der Waals surface area (Å²) in [4.78, 5) is 2.51. The maximum atomic E-state index is 5.57. The van der Waals surface area contributed by atoms with E-state index in [0.29, 0.717) is 0 Å². The second kappa shape index (κ2) is 4.63. The number of hydrogen-bond donors (Lipinski definition) is 1. The molecule has 0 aromatic rings. The number of nitrogens with two attached hydrogens (primary N) is 1. The SMILES string of the molecule is CCC(C)N1CC=C(CN)CC1. The molecule has 0 saturated carbocycles. The van der Waals surface area contributed by atoms with Gasteiger partial charge in [-0.25, -0.2) is 0 Å². The molecule has 0 amide bonds. The molecular weight excluding hydrogens is 148 g/mol. The zero-order valence-corrected chi connectivity index (χ0v) is 8.21. The van der Waals surface area contributed by atoms with Crippen molar-refractivity contribution in [2.24, 2.45) is 5.73 Å². The van der Waals surface area contributed by atoms with Crippen molar-refractivity contribution >= 4 is 0 Å². The summed E-state index contributed by atoms with van der Waals surface area (Å²) < 4.78 is 0. The van der Waals surface area contributed by atoms with Crippen molar-refractivity contribution in [1.29, 1.82) is 0 Å². The molecule has 1 rings (SSSR count). The minimum Gasteiger partial charge on any atom is -0.327 e. The molecular formula is C10H20N2. The summed E-state index contributed by atoms with van der Waals surface area (Å²) in [6.07, 6.45) is 4.70. The van der Waals surface area contributed by atoms with Crippen LogP contribution in [0.1, 0.15) is 26.7 Å². The predicted molar refractivity (Wildman–Crippen MR) is 53.1 cm³/mol. The van der Waals surface area contributed by atoms with Crippen LogP contribution in [0.4, 0.5) is 0 Å². The Hall–Kier alpha value is -0.340. The normalized spacial score (nSPS) is 22.1. The van der Waals surface area contributed by atoms with Gasteiger partial charge in [-0.3, -0.25) is 4.90 Å². The standard InChI is InChI=1S/C10H20N2/c1-3-9(2)12-6-4-10(8-11)5-7-12/h4,9H,3,5-8,11H2,1-2H3. The first-order valence-corrected chi connectivity index (χ1v) is 4.90. The van der Waals surface area contributed by atoms with E-state index >= 15 is 0 Å². The van der Waals surface area contributed by atoms with Crippen molar-refractivity contribution < 1.29 is 0 Å². The molecule has 0 saturated heterocycles. The lowest BCUT2D eigenvalue weighted by molar-refractivity contribution is 0.219. The van der Waals surface area contributed by atoms with Gasteiger partial charge in [-0.05, 0) is 19.8 Å². The topological polar surface area (TPSA) is 29.3 Å². The third kappa shape index (κ3) is 2.32. The van der Waals surface area contributed by atoms with E-state index in [1.807, 2.05) is 0 Å². The van der Waals surface area contributed by atoms with E-state index in [-0.39, 0.29) is 0 Å². The third-order valence-electron chi connectivity index (χ3n) is 2.81. The van der Waals surface area contributed by atoms with Crippen LogP contribution in [0.5, 0.6) is 0 Å². The molecule has 0 aromatic carbocycles. The lowest BCUT2D eigenvalue weighted by Gasteiger charge is -2.30. The van der Waals surface area contributed by atoms with E-state index in [4.69, 9.17) is 5.73 Å². The summed E-state index contributed by atoms with van der Waals surface area (Å²) in [5, 5.41) is 0. The fourth-order valence-electron chi connectivity index (χ4n) is 1.57. The molecule has 1 aliphatic rings. The summed E-state index contributed by atoms with van der Waals surface area (Å²) in [7, 11) is 0. The van der Waals surface area contributed by atoms with E-state index in [1.165, 1.54) is 25.0 Å². The summed E-state index contributed by atoms with van der Waals surface area (Å²) in [6, 6.07) is 0.723. The monoisotopic (exact) mass is 168 g/mol. The summed E-state index contributed by atoms with van der Waals surface area (Å²) in [5.41, 5.74) is 7.00. The molecule has 1 atom stereocenters. The van der Waals surface area contributed by atoms with Gasteiger partial charge in [0.15, 0.2) is 0 Å². The average molecular weight is 168 g/mol. The number of hydrogen-bond acceptors (Lipinski definition) is 2. The summed E-state index contributed by atoms with van der Waals surface area (Å²) in [5.74, 6) is 0. The predicted octanol–water partition coefficient (Wildman–Crippen LogP) is 1.38. The first-order valence-electron chi connectivity index (χ1n) is 4.90. The highest BCUT2D eigenvalue weighted by atomic mass is 15.1. The highest BCUT2D eigenvalue weighted by Crippen LogP contribution is 2.13. The Morgan fingerprint density at radius 2 is 2.42 bits per heavy atom. The van der Waals surface area contributed by atoms with Crippen molar-refractivity contribution in [2.75, 3.05) is 19.6 Å². The van der Waals surface area contributed by atoms with Crippen molar-refractivity contribution in [3.05, 3.63) is 11.6 Å². The van der Waals surface area contributed by atoms with Crippen LogP contribution in [0, 0.1) is 0 Å². The Labute approximate surface area is 75.4 Å². The van der Waals surface area contributed by atoms with Crippen LogP contribution in [0.15, 0.2) is 11.6 Å². The Morgan fingerprint density at radius 1 is 1.67 bits per heavy atom. The van der Waals surface area contributed by atoms with Crippen LogP contribution >= 0.6 is 0 Å². The molecule has 2 heteroatoms. The van der Waals surface area contributed by atoms with Gasteiger partial charge in [0.25, 0.3) is 0 Å². The molecule has 0 fully saturated rings. The average Bonchev–Trinajstić information content (AvgIpc) is 2.17. The molecule has 0 bridgehead atoms. The second-order valence-corrected chi connectivity index (χ2v) is 3.57. The second-order valence-electron chi connectivity index (χ2n) is 3.57. The number of nitrogens with zero attached hydrogens (tertiary/aromatic N) is 1. The van der Waals surface area contributed by atoms with Crippen molar-refractivity contribution in [3.8, 4) is 0 Å². The molecule has 0 aromatic heterocycles. The summed E-state index contributed by atoms with van der Waals surface area (Å²) >= 11 is 0. The van der Waals surface area contributed by atoms with E-state index < -0.39 is 0 Å². The van der Waals surface area contributed by atoms with Gasteiger partial charge in [0.05, 0.1) is 0 Å². The van der Waals surface area contributed by atoms with Gasteiger partial charge < -0.3 is 5.73 Å². The minimum absolute atomic E-state index is 0.723. The van der Waals surface area contributed by atoms with Crippen LogP contribution in [0.3, 0.4) is 0 Å². The van der Waals surface area contributed by atoms with Gasteiger partial charge in [0.1, 0.15) is 0 Å². The quantitative estimate of drug-likeness (QED) is 0.645. The molecule has 1 aliphatic heterocycles. The molecule has 0 aliphatic carbocycles. The Morgan fingerprint density at radius 3 is 2.83 bits per heavy atom. The molecule has 12 heavy (non-hydrogen) atoms. The molecule has 70 valence electrons. The Kier molecular flexibility index (Phi) is 3.76. The van der Waals surface area contributed by atoms with E-state index in [0.717, 1.165) is 19.1 Å². The Balaban J connectivity index is 2.40. The van der Waals surface area contributed by atoms with E-state index in [2.05, 4.69) is 24.8 Å². The number of rotatable bonds is 3. The highest BCUT2D eigenvalue weighted by Gasteiger charge is 2.14. The van der Waals surface area contributed by atoms with Crippen LogP contribution < -0.4 is 5.73 Å². The maximum Gasteiger partial charge on any atom is 0.0169 e. The lowest BCUT2D eigenvalue weighted by atomic mass is 10.1. The molecule has 1 heterocycles.